The van der Waals surface area contributed by atoms with Crippen molar-refractivity contribution in [3.8, 4) is 0 Å². The molecule has 31 heavy (non-hydrogen) atoms. The van der Waals surface area contributed by atoms with E-state index in [1.165, 1.54) is 6.07 Å². The number of anilines is 1. The van der Waals surface area contributed by atoms with Crippen LogP contribution >= 0.6 is 34.8 Å². The Kier molecular flexibility index (Phi) is 6.25. The van der Waals surface area contributed by atoms with Gasteiger partial charge in [0.25, 0.3) is 5.56 Å². The maximum Gasteiger partial charge on any atom is 0.276 e. The fraction of sp³-hybridized carbons (Fsp3) is 0.0455. The summed E-state index contributed by atoms with van der Waals surface area (Å²) in [7, 11) is 0. The maximum atomic E-state index is 12.8. The van der Waals surface area contributed by atoms with Gasteiger partial charge in [-0.05, 0) is 48.0 Å². The third-order valence-corrected chi connectivity index (χ3v) is 5.47. The fourth-order valence-electron chi connectivity index (χ4n) is 2.95. The number of hydrazone groups is 1. The number of nitrogens with one attached hydrogen (secondary N) is 2. The lowest BCUT2D eigenvalue weighted by Crippen LogP contribution is -2.26. The highest BCUT2D eigenvalue weighted by Gasteiger charge is 2.23. The van der Waals surface area contributed by atoms with Crippen LogP contribution in [-0.2, 0) is 0 Å². The summed E-state index contributed by atoms with van der Waals surface area (Å²) in [6.45, 7) is 0. The Balaban J connectivity index is 1.84. The lowest BCUT2D eigenvalue weighted by molar-refractivity contribution is 0.247. The molecule has 0 radical (unpaired) electrons. The van der Waals surface area contributed by atoms with E-state index in [0.29, 0.717) is 32.3 Å². The number of hydrogen-bond donors (Lipinski definition) is 3. The van der Waals surface area contributed by atoms with Crippen molar-refractivity contribution in [1.29, 1.82) is 0 Å². The standard InChI is InChI=1S/C22H15Cl3N4O2/c23-13-7-9-17-18(11-13)27-22(31)20(26-17)19(29-28-14-4-2-1-3-5-14)21(30)12-6-8-15(24)16(25)10-12/h1-11,21,28,30H,(H,27,31). The molecule has 3 aromatic carbocycles. The lowest BCUT2D eigenvalue weighted by atomic mass is 10.0. The zero-order chi connectivity index (χ0) is 22.0. The van der Waals surface area contributed by atoms with Crippen LogP contribution in [0.4, 0.5) is 5.69 Å². The Morgan fingerprint density at radius 2 is 1.77 bits per heavy atom. The van der Waals surface area contributed by atoms with Crippen molar-refractivity contribution in [1.82, 2.24) is 9.97 Å². The molecule has 3 N–H and O–H groups in total. The van der Waals surface area contributed by atoms with Crippen LogP contribution in [0, 0.1) is 0 Å². The van der Waals surface area contributed by atoms with Gasteiger partial charge < -0.3 is 10.1 Å². The minimum atomic E-state index is -1.30. The first-order chi connectivity index (χ1) is 14.9. The van der Waals surface area contributed by atoms with Crippen LogP contribution in [0.5, 0.6) is 0 Å². The average Bonchev–Trinajstić information content (AvgIpc) is 2.76. The molecule has 0 saturated carbocycles. The molecule has 9 heteroatoms. The summed E-state index contributed by atoms with van der Waals surface area (Å²) >= 11 is 18.1. The maximum absolute atomic E-state index is 12.8. The van der Waals surface area contributed by atoms with Crippen molar-refractivity contribution in [2.75, 3.05) is 5.43 Å². The van der Waals surface area contributed by atoms with Gasteiger partial charge in [-0.2, -0.15) is 5.10 Å². The molecule has 0 aliphatic heterocycles. The van der Waals surface area contributed by atoms with Crippen molar-refractivity contribution in [3.63, 3.8) is 0 Å². The van der Waals surface area contributed by atoms with Crippen LogP contribution < -0.4 is 11.0 Å². The molecular weight excluding hydrogens is 459 g/mol. The number of aromatic nitrogens is 2. The predicted octanol–water partition coefficient (Wildman–Crippen LogP) is 5.43. The fourth-order valence-corrected chi connectivity index (χ4v) is 3.43. The summed E-state index contributed by atoms with van der Waals surface area (Å²) in [4.78, 5) is 20.0. The summed E-state index contributed by atoms with van der Waals surface area (Å²) < 4.78 is 0. The largest absolute Gasteiger partial charge is 0.382 e. The molecule has 156 valence electrons. The molecule has 1 heterocycles. The smallest absolute Gasteiger partial charge is 0.276 e. The van der Waals surface area contributed by atoms with E-state index in [1.54, 1.807) is 42.5 Å². The van der Waals surface area contributed by atoms with E-state index >= 15 is 0 Å². The normalized spacial score (nSPS) is 12.7. The van der Waals surface area contributed by atoms with Gasteiger partial charge in [0.05, 0.1) is 26.8 Å². The minimum absolute atomic E-state index is 0.0142. The highest BCUT2D eigenvalue weighted by Crippen LogP contribution is 2.27. The molecule has 1 atom stereocenters. The number of halogens is 3. The lowest BCUT2D eigenvalue weighted by Gasteiger charge is -2.15. The van der Waals surface area contributed by atoms with E-state index in [4.69, 9.17) is 34.8 Å². The molecular formula is C22H15Cl3N4O2. The van der Waals surface area contributed by atoms with Crippen molar-refractivity contribution >= 4 is 57.2 Å². The second-order valence-corrected chi connectivity index (χ2v) is 7.88. The number of aromatic amines is 1. The van der Waals surface area contributed by atoms with Gasteiger partial charge in [0.1, 0.15) is 11.8 Å². The van der Waals surface area contributed by atoms with E-state index < -0.39 is 11.7 Å². The molecule has 4 rings (SSSR count). The Morgan fingerprint density at radius 1 is 1.00 bits per heavy atom. The zero-order valence-electron chi connectivity index (χ0n) is 15.8. The van der Waals surface area contributed by atoms with Gasteiger partial charge in [-0.15, -0.1) is 0 Å². The highest BCUT2D eigenvalue weighted by atomic mass is 35.5. The van der Waals surface area contributed by atoms with Crippen LogP contribution in [0.25, 0.3) is 11.0 Å². The van der Waals surface area contributed by atoms with Crippen LogP contribution in [0.1, 0.15) is 17.4 Å². The molecule has 0 bridgehead atoms. The van der Waals surface area contributed by atoms with Gasteiger partial charge in [-0.3, -0.25) is 10.2 Å². The number of hydrogen-bond acceptors (Lipinski definition) is 5. The summed E-state index contributed by atoms with van der Waals surface area (Å²) in [6, 6.07) is 18.7. The molecule has 0 aliphatic rings. The highest BCUT2D eigenvalue weighted by molar-refractivity contribution is 6.42. The predicted molar refractivity (Wildman–Crippen MR) is 125 cm³/mol. The van der Waals surface area contributed by atoms with Crippen molar-refractivity contribution < 1.29 is 5.11 Å². The quantitative estimate of drug-likeness (QED) is 0.266. The third kappa shape index (κ3) is 4.73. The number of para-hydroxylation sites is 1. The van der Waals surface area contributed by atoms with Crippen molar-refractivity contribution in [3.05, 3.63) is 103 Å². The van der Waals surface area contributed by atoms with Crippen LogP contribution in [0.2, 0.25) is 15.1 Å². The molecule has 0 saturated heterocycles. The first-order valence-electron chi connectivity index (χ1n) is 9.14. The van der Waals surface area contributed by atoms with E-state index in [9.17, 15) is 9.90 Å². The molecule has 0 aliphatic carbocycles. The molecule has 1 aromatic heterocycles. The minimum Gasteiger partial charge on any atom is -0.382 e. The first-order valence-corrected chi connectivity index (χ1v) is 10.3. The summed E-state index contributed by atoms with van der Waals surface area (Å²) in [5.41, 5.74) is 4.34. The number of rotatable bonds is 5. The number of H-pyrrole nitrogens is 1. The number of benzene rings is 3. The van der Waals surface area contributed by atoms with Crippen LogP contribution in [-0.4, -0.2) is 20.8 Å². The summed E-state index contributed by atoms with van der Waals surface area (Å²) in [5.74, 6) is 0. The van der Waals surface area contributed by atoms with Crippen molar-refractivity contribution in [2.45, 2.75) is 6.10 Å². The van der Waals surface area contributed by atoms with Gasteiger partial charge in [0.15, 0.2) is 5.69 Å². The molecule has 1 unspecified atom stereocenters. The monoisotopic (exact) mass is 472 g/mol. The van der Waals surface area contributed by atoms with Gasteiger partial charge in [-0.1, -0.05) is 59.1 Å². The van der Waals surface area contributed by atoms with Gasteiger partial charge >= 0.3 is 0 Å². The van der Waals surface area contributed by atoms with E-state index in [0.717, 1.165) is 0 Å². The number of nitrogens with zero attached hydrogens (tertiary/aromatic N) is 2. The Labute approximate surface area is 192 Å². The SMILES string of the molecule is O=c1[nH]c2cc(Cl)ccc2nc1C(=NNc1ccccc1)C(O)c1ccc(Cl)c(Cl)c1. The summed E-state index contributed by atoms with van der Waals surface area (Å²) in [5, 5.41) is 16.5. The molecule has 0 amide bonds. The van der Waals surface area contributed by atoms with Gasteiger partial charge in [0.2, 0.25) is 0 Å². The second kappa shape index (κ2) is 9.08. The van der Waals surface area contributed by atoms with Crippen molar-refractivity contribution in [2.24, 2.45) is 5.10 Å². The van der Waals surface area contributed by atoms with E-state index in [-0.39, 0.29) is 16.4 Å². The first kappa shape index (κ1) is 21.3. The number of fused-ring (bicyclic) bond motifs is 1. The van der Waals surface area contributed by atoms with Crippen LogP contribution in [0.3, 0.4) is 0 Å². The van der Waals surface area contributed by atoms with E-state index in [2.05, 4.69) is 20.5 Å². The zero-order valence-corrected chi connectivity index (χ0v) is 18.1. The molecule has 6 nitrogen and oxygen atoms in total. The summed E-state index contributed by atoms with van der Waals surface area (Å²) in [6.07, 6.45) is -1.30. The Morgan fingerprint density at radius 3 is 2.52 bits per heavy atom. The number of aliphatic hydroxyl groups excluding tert-OH is 1. The number of aliphatic hydroxyl groups is 1. The Hall–Kier alpha value is -2.90. The van der Waals surface area contributed by atoms with Gasteiger partial charge in [-0.25, -0.2) is 4.98 Å². The van der Waals surface area contributed by atoms with Gasteiger partial charge in [0, 0.05) is 5.02 Å². The van der Waals surface area contributed by atoms with E-state index in [1.807, 2.05) is 18.2 Å². The Bertz CT molecular complexity index is 1340. The molecule has 0 fully saturated rings. The molecule has 0 spiro atoms. The molecule has 4 aromatic rings. The van der Waals surface area contributed by atoms with Crippen LogP contribution in [0.15, 0.2) is 76.6 Å². The third-order valence-electron chi connectivity index (χ3n) is 4.49. The second-order valence-electron chi connectivity index (χ2n) is 6.63. The topological polar surface area (TPSA) is 90.4 Å². The average molecular weight is 474 g/mol.